The van der Waals surface area contributed by atoms with Crippen LogP contribution >= 0.6 is 15.9 Å². The highest BCUT2D eigenvalue weighted by Gasteiger charge is 2.19. The van der Waals surface area contributed by atoms with Gasteiger partial charge in [-0.05, 0) is 27.6 Å². The van der Waals surface area contributed by atoms with Gasteiger partial charge in [-0.15, -0.1) is 0 Å². The van der Waals surface area contributed by atoms with E-state index in [1.165, 1.54) is 7.11 Å². The molecular weight excluding hydrogens is 302 g/mol. The molecule has 0 aliphatic rings. The van der Waals surface area contributed by atoms with Gasteiger partial charge in [-0.2, -0.15) is 0 Å². The second-order valence-electron chi connectivity index (χ2n) is 3.61. The van der Waals surface area contributed by atoms with Crippen LogP contribution in [-0.4, -0.2) is 36.6 Å². The third-order valence-corrected chi connectivity index (χ3v) is 2.93. The topological polar surface area (TPSA) is 94.3 Å². The van der Waals surface area contributed by atoms with Crippen LogP contribution in [0.4, 0.5) is 0 Å². The Balaban J connectivity index is 2.72. The van der Waals surface area contributed by atoms with Gasteiger partial charge < -0.3 is 15.8 Å². The summed E-state index contributed by atoms with van der Waals surface area (Å²) in [6.45, 7) is -0.113. The second-order valence-corrected chi connectivity index (χ2v) is 4.36. The van der Waals surface area contributed by atoms with E-state index in [0.29, 0.717) is 4.60 Å². The predicted octanol–water partition coefficient (Wildman–Crippen LogP) is 0.00310. The highest BCUT2D eigenvalue weighted by Crippen LogP contribution is 2.14. The van der Waals surface area contributed by atoms with Crippen molar-refractivity contribution in [2.24, 2.45) is 5.73 Å². The molecule has 1 atom stereocenters. The van der Waals surface area contributed by atoms with Crippen LogP contribution in [-0.2, 0) is 20.7 Å². The molecule has 3 N–H and O–H groups in total. The van der Waals surface area contributed by atoms with Gasteiger partial charge in [-0.3, -0.25) is 9.59 Å². The molecule has 1 rings (SSSR count). The Morgan fingerprint density at radius 2 is 2.33 bits per heavy atom. The van der Waals surface area contributed by atoms with E-state index in [1.54, 1.807) is 18.3 Å². The maximum absolute atomic E-state index is 11.4. The van der Waals surface area contributed by atoms with Crippen LogP contribution in [0.5, 0.6) is 0 Å². The normalized spacial score (nSPS) is 11.9. The number of nitrogens with two attached hydrogens (primary N) is 1. The van der Waals surface area contributed by atoms with E-state index in [0.717, 1.165) is 5.56 Å². The number of primary amides is 1. The Bertz CT molecular complexity index is 439. The number of aromatic nitrogens is 1. The zero-order valence-electron chi connectivity index (χ0n) is 9.85. The molecule has 1 heterocycles. The Hall–Kier alpha value is -1.47. The number of amides is 2. The molecule has 98 valence electrons. The Morgan fingerprint density at radius 3 is 2.89 bits per heavy atom. The third-order valence-electron chi connectivity index (χ3n) is 2.21. The monoisotopic (exact) mass is 315 g/mol. The molecule has 0 saturated heterocycles. The summed E-state index contributed by atoms with van der Waals surface area (Å²) in [5.74, 6) is -0.989. The molecule has 0 saturated carbocycles. The van der Waals surface area contributed by atoms with Gasteiger partial charge in [0.2, 0.25) is 11.8 Å². The van der Waals surface area contributed by atoms with E-state index in [4.69, 9.17) is 5.73 Å². The molecule has 0 aliphatic carbocycles. The van der Waals surface area contributed by atoms with E-state index < -0.39 is 11.9 Å². The highest BCUT2D eigenvalue weighted by atomic mass is 79.9. The van der Waals surface area contributed by atoms with E-state index in [9.17, 15) is 9.59 Å². The largest absolute Gasteiger partial charge is 0.375 e. The molecular formula is C11H14BrN3O3. The van der Waals surface area contributed by atoms with Crippen molar-refractivity contribution in [3.8, 4) is 0 Å². The fourth-order valence-electron chi connectivity index (χ4n) is 1.38. The molecule has 0 aromatic carbocycles. The fourth-order valence-corrected chi connectivity index (χ4v) is 1.79. The second kappa shape index (κ2) is 7.07. The Kier molecular flexibility index (Phi) is 5.73. The first-order valence-electron chi connectivity index (χ1n) is 5.21. The van der Waals surface area contributed by atoms with Crippen LogP contribution in [0.3, 0.4) is 0 Å². The van der Waals surface area contributed by atoms with Crippen molar-refractivity contribution in [3.05, 3.63) is 28.5 Å². The number of pyridine rings is 1. The van der Waals surface area contributed by atoms with Crippen LogP contribution in [0, 0.1) is 0 Å². The molecule has 7 heteroatoms. The Labute approximate surface area is 113 Å². The molecule has 2 amide bonds. The lowest BCUT2D eigenvalue weighted by molar-refractivity contribution is -0.129. The van der Waals surface area contributed by atoms with Crippen LogP contribution < -0.4 is 11.1 Å². The van der Waals surface area contributed by atoms with Gasteiger partial charge >= 0.3 is 0 Å². The van der Waals surface area contributed by atoms with Gasteiger partial charge in [-0.1, -0.05) is 6.07 Å². The summed E-state index contributed by atoms with van der Waals surface area (Å²) in [6, 6.07) is 2.76. The molecule has 0 radical (unpaired) electrons. The zero-order chi connectivity index (χ0) is 13.5. The minimum atomic E-state index is -0.784. The summed E-state index contributed by atoms with van der Waals surface area (Å²) in [5, 5.41) is 2.51. The number of carbonyl (C=O) groups excluding carboxylic acids is 2. The first-order chi connectivity index (χ1) is 8.54. The van der Waals surface area contributed by atoms with E-state index >= 15 is 0 Å². The van der Waals surface area contributed by atoms with E-state index in [1.807, 2.05) is 0 Å². The van der Waals surface area contributed by atoms with Crippen molar-refractivity contribution in [2.45, 2.75) is 12.5 Å². The van der Waals surface area contributed by atoms with Gasteiger partial charge in [0.15, 0.2) is 0 Å². The van der Waals surface area contributed by atoms with Gasteiger partial charge in [-0.25, -0.2) is 4.98 Å². The number of nitrogens with zero attached hydrogens (tertiary/aromatic N) is 1. The average Bonchev–Trinajstić information content (AvgIpc) is 2.31. The number of hydrogen-bond acceptors (Lipinski definition) is 4. The number of hydrogen-bond donors (Lipinski definition) is 2. The zero-order valence-corrected chi connectivity index (χ0v) is 11.4. The lowest BCUT2D eigenvalue weighted by Gasteiger charge is -2.15. The summed E-state index contributed by atoms with van der Waals surface area (Å²) in [5.41, 5.74) is 6.04. The molecule has 18 heavy (non-hydrogen) atoms. The van der Waals surface area contributed by atoms with Crippen LogP contribution in [0.25, 0.3) is 0 Å². The highest BCUT2D eigenvalue weighted by molar-refractivity contribution is 9.10. The molecule has 0 unspecified atom stereocenters. The predicted molar refractivity (Wildman–Crippen MR) is 68.6 cm³/mol. The third kappa shape index (κ3) is 4.42. The first-order valence-corrected chi connectivity index (χ1v) is 6.01. The average molecular weight is 316 g/mol. The SMILES string of the molecule is COCC(=O)N[C@H](Cc1cccnc1Br)C(N)=O. The summed E-state index contributed by atoms with van der Waals surface area (Å²) in [4.78, 5) is 26.7. The van der Waals surface area contributed by atoms with Gasteiger partial charge in [0.1, 0.15) is 17.3 Å². The number of ether oxygens (including phenoxy) is 1. The lowest BCUT2D eigenvalue weighted by Crippen LogP contribution is -2.47. The molecule has 6 nitrogen and oxygen atoms in total. The van der Waals surface area contributed by atoms with Crippen LogP contribution in [0.1, 0.15) is 5.56 Å². The summed E-state index contributed by atoms with van der Waals surface area (Å²) in [7, 11) is 1.40. The first kappa shape index (κ1) is 14.6. The number of carbonyl (C=O) groups is 2. The van der Waals surface area contributed by atoms with E-state index in [-0.39, 0.29) is 18.9 Å². The van der Waals surface area contributed by atoms with Gasteiger partial charge in [0.25, 0.3) is 0 Å². The minimum Gasteiger partial charge on any atom is -0.375 e. The van der Waals surface area contributed by atoms with Crippen molar-refractivity contribution >= 4 is 27.7 Å². The Morgan fingerprint density at radius 1 is 1.61 bits per heavy atom. The molecule has 0 bridgehead atoms. The minimum absolute atomic E-state index is 0.113. The lowest BCUT2D eigenvalue weighted by atomic mass is 10.1. The summed E-state index contributed by atoms with van der Waals surface area (Å²) in [6.07, 6.45) is 1.90. The van der Waals surface area contributed by atoms with Crippen molar-refractivity contribution < 1.29 is 14.3 Å². The number of halogens is 1. The maximum Gasteiger partial charge on any atom is 0.246 e. The number of rotatable bonds is 6. The quantitative estimate of drug-likeness (QED) is 0.723. The van der Waals surface area contributed by atoms with E-state index in [2.05, 4.69) is 31.0 Å². The number of nitrogens with one attached hydrogen (secondary N) is 1. The van der Waals surface area contributed by atoms with Crippen molar-refractivity contribution in [2.75, 3.05) is 13.7 Å². The molecule has 1 aromatic heterocycles. The van der Waals surface area contributed by atoms with Gasteiger partial charge in [0, 0.05) is 19.7 Å². The van der Waals surface area contributed by atoms with Gasteiger partial charge in [0.05, 0.1) is 0 Å². The molecule has 0 aliphatic heterocycles. The van der Waals surface area contributed by atoms with Crippen molar-refractivity contribution in [1.29, 1.82) is 0 Å². The summed E-state index contributed by atoms with van der Waals surface area (Å²) >= 11 is 3.27. The van der Waals surface area contributed by atoms with Crippen molar-refractivity contribution in [1.82, 2.24) is 10.3 Å². The maximum atomic E-state index is 11.4. The molecule has 0 spiro atoms. The smallest absolute Gasteiger partial charge is 0.246 e. The molecule has 0 fully saturated rings. The number of methoxy groups -OCH3 is 1. The van der Waals surface area contributed by atoms with Crippen LogP contribution in [0.2, 0.25) is 0 Å². The van der Waals surface area contributed by atoms with Crippen LogP contribution in [0.15, 0.2) is 22.9 Å². The molecule has 1 aromatic rings. The fraction of sp³-hybridized carbons (Fsp3) is 0.364. The van der Waals surface area contributed by atoms with Crippen molar-refractivity contribution in [3.63, 3.8) is 0 Å². The standard InChI is InChI=1S/C11H14BrN3O3/c1-18-6-9(16)15-8(11(13)17)5-7-3-2-4-14-10(7)12/h2-4,8H,5-6H2,1H3,(H2,13,17)(H,15,16)/t8-/m1/s1. The summed E-state index contributed by atoms with van der Waals surface area (Å²) < 4.78 is 5.29.